The third-order valence-corrected chi connectivity index (χ3v) is 8.22. The Morgan fingerprint density at radius 2 is 2.00 bits per heavy atom. The van der Waals surface area contributed by atoms with Crippen LogP contribution in [0.1, 0.15) is 48.4 Å². The molecular weight excluding hydrogens is 390 g/mol. The number of piperidine rings is 2. The summed E-state index contributed by atoms with van der Waals surface area (Å²) < 4.78 is 7.78. The van der Waals surface area contributed by atoms with Crippen LogP contribution in [-0.4, -0.2) is 64.0 Å². The second-order valence-corrected chi connectivity index (χ2v) is 10.4. The number of rotatable bonds is 4. The van der Waals surface area contributed by atoms with Gasteiger partial charge in [-0.05, 0) is 56.2 Å². The lowest BCUT2D eigenvalue weighted by Crippen LogP contribution is -2.47. The van der Waals surface area contributed by atoms with E-state index in [-0.39, 0.29) is 5.56 Å². The van der Waals surface area contributed by atoms with Gasteiger partial charge in [0.2, 0.25) is 0 Å². The topological polar surface area (TPSA) is 66.4 Å². The number of likely N-dealkylation sites (tertiary alicyclic amines) is 2. The van der Waals surface area contributed by atoms with Gasteiger partial charge < -0.3 is 9.30 Å². The molecule has 2 atom stereocenters. The van der Waals surface area contributed by atoms with Gasteiger partial charge in [-0.2, -0.15) is 5.10 Å². The fraction of sp³-hybridized carbons (Fsp3) is 0.667. The lowest BCUT2D eigenvalue weighted by molar-refractivity contribution is 0.0768. The highest BCUT2D eigenvalue weighted by molar-refractivity contribution is 5.22. The van der Waals surface area contributed by atoms with E-state index in [0.717, 1.165) is 64.6 Å². The maximum absolute atomic E-state index is 13.4. The van der Waals surface area contributed by atoms with Crippen LogP contribution in [0.5, 0.6) is 0 Å². The summed E-state index contributed by atoms with van der Waals surface area (Å²) in [5, 5.41) is 6.99. The third kappa shape index (κ3) is 3.77. The number of nitrogens with one attached hydrogen (secondary N) is 1. The van der Waals surface area contributed by atoms with E-state index in [0.29, 0.717) is 17.3 Å². The van der Waals surface area contributed by atoms with Gasteiger partial charge in [0.15, 0.2) is 0 Å². The van der Waals surface area contributed by atoms with Crippen molar-refractivity contribution in [2.24, 2.45) is 11.3 Å². The van der Waals surface area contributed by atoms with Crippen molar-refractivity contribution in [1.82, 2.24) is 24.6 Å². The molecule has 0 unspecified atom stereocenters. The molecule has 31 heavy (non-hydrogen) atoms. The van der Waals surface area contributed by atoms with E-state index < -0.39 is 0 Å². The van der Waals surface area contributed by atoms with Crippen molar-refractivity contribution in [3.05, 3.63) is 51.7 Å². The van der Waals surface area contributed by atoms with Crippen molar-refractivity contribution in [3.63, 3.8) is 0 Å². The number of hydrogen-bond donors (Lipinski definition) is 1. The molecule has 166 valence electrons. The second-order valence-electron chi connectivity index (χ2n) is 10.4. The molecule has 0 aromatic carbocycles. The monoisotopic (exact) mass is 423 g/mol. The van der Waals surface area contributed by atoms with Crippen molar-refractivity contribution in [1.29, 1.82) is 0 Å². The van der Waals surface area contributed by atoms with Gasteiger partial charge in [0.25, 0.3) is 5.56 Å². The molecule has 2 aromatic heterocycles. The average molecular weight is 424 g/mol. The van der Waals surface area contributed by atoms with Gasteiger partial charge >= 0.3 is 0 Å². The number of ether oxygens (including phenoxy) is 1. The molecule has 4 aliphatic heterocycles. The van der Waals surface area contributed by atoms with Crippen LogP contribution < -0.4 is 5.56 Å². The first kappa shape index (κ1) is 19.7. The van der Waals surface area contributed by atoms with Crippen LogP contribution >= 0.6 is 0 Å². The van der Waals surface area contributed by atoms with Crippen molar-refractivity contribution < 1.29 is 4.74 Å². The zero-order valence-electron chi connectivity index (χ0n) is 18.3. The molecule has 0 radical (unpaired) electrons. The molecule has 0 aliphatic carbocycles. The highest BCUT2D eigenvalue weighted by Gasteiger charge is 2.38. The Kier molecular flexibility index (Phi) is 5.00. The Hall–Kier alpha value is -1.96. The smallest absolute Gasteiger partial charge is 0.255 e. The minimum atomic E-state index is 0.250. The lowest BCUT2D eigenvalue weighted by Gasteiger charge is -2.43. The Bertz CT molecular complexity index is 968. The summed E-state index contributed by atoms with van der Waals surface area (Å²) in [5.41, 5.74) is 4.11. The van der Waals surface area contributed by atoms with Gasteiger partial charge in [-0.1, -0.05) is 6.07 Å². The highest BCUT2D eigenvalue weighted by atomic mass is 16.5. The Morgan fingerprint density at radius 3 is 2.77 bits per heavy atom. The zero-order valence-corrected chi connectivity index (χ0v) is 18.3. The molecule has 7 nitrogen and oxygen atoms in total. The SMILES string of the molecule is O=c1c(CN2CCC3(CCOC3)CC2)ccc2n1C[C@H]1C[C@@H]2CN(Cc2cn[nH]c2)C1. The predicted octanol–water partition coefficient (Wildman–Crippen LogP) is 2.19. The lowest BCUT2D eigenvalue weighted by atomic mass is 9.78. The van der Waals surface area contributed by atoms with E-state index in [1.807, 2.05) is 12.4 Å². The summed E-state index contributed by atoms with van der Waals surface area (Å²) in [5.74, 6) is 1.02. The molecule has 4 aliphatic rings. The van der Waals surface area contributed by atoms with Gasteiger partial charge in [-0.25, -0.2) is 0 Å². The van der Waals surface area contributed by atoms with Crippen molar-refractivity contribution in [2.75, 3.05) is 39.4 Å². The fourth-order valence-electron chi connectivity index (χ4n) is 6.43. The van der Waals surface area contributed by atoms with E-state index in [9.17, 15) is 4.79 Å². The summed E-state index contributed by atoms with van der Waals surface area (Å²) in [6, 6.07) is 4.36. The molecule has 1 spiro atoms. The van der Waals surface area contributed by atoms with Crippen LogP contribution in [-0.2, 0) is 24.4 Å². The Balaban J connectivity index is 1.15. The van der Waals surface area contributed by atoms with Gasteiger partial charge in [-0.3, -0.25) is 19.7 Å². The molecule has 3 saturated heterocycles. The number of H-pyrrole nitrogens is 1. The third-order valence-electron chi connectivity index (χ3n) is 8.22. The number of aromatic nitrogens is 3. The van der Waals surface area contributed by atoms with Gasteiger partial charge in [0.05, 0.1) is 12.8 Å². The first-order valence-electron chi connectivity index (χ1n) is 11.9. The van der Waals surface area contributed by atoms with Crippen LogP contribution in [0.4, 0.5) is 0 Å². The normalized spacial score (nSPS) is 28.1. The molecule has 2 bridgehead atoms. The Morgan fingerprint density at radius 1 is 1.10 bits per heavy atom. The van der Waals surface area contributed by atoms with Crippen LogP contribution in [0.15, 0.2) is 29.3 Å². The number of pyridine rings is 1. The molecule has 0 saturated carbocycles. The zero-order chi connectivity index (χ0) is 20.8. The van der Waals surface area contributed by atoms with Crippen molar-refractivity contribution >= 4 is 0 Å². The molecule has 6 heterocycles. The first-order valence-corrected chi connectivity index (χ1v) is 11.9. The fourth-order valence-corrected chi connectivity index (χ4v) is 6.43. The molecule has 2 aromatic rings. The predicted molar refractivity (Wildman–Crippen MR) is 118 cm³/mol. The average Bonchev–Trinajstić information content (AvgIpc) is 3.45. The van der Waals surface area contributed by atoms with Crippen LogP contribution in [0.2, 0.25) is 0 Å². The van der Waals surface area contributed by atoms with E-state index in [2.05, 4.69) is 36.7 Å². The quantitative estimate of drug-likeness (QED) is 0.817. The van der Waals surface area contributed by atoms with E-state index in [4.69, 9.17) is 4.74 Å². The van der Waals surface area contributed by atoms with Crippen molar-refractivity contribution in [3.8, 4) is 0 Å². The van der Waals surface area contributed by atoms with E-state index >= 15 is 0 Å². The van der Waals surface area contributed by atoms with Crippen molar-refractivity contribution in [2.45, 2.75) is 51.2 Å². The Labute approximate surface area is 183 Å². The van der Waals surface area contributed by atoms with Crippen LogP contribution in [0.3, 0.4) is 0 Å². The molecule has 0 amide bonds. The van der Waals surface area contributed by atoms with Gasteiger partial charge in [-0.15, -0.1) is 0 Å². The number of fused-ring (bicyclic) bond motifs is 4. The highest BCUT2D eigenvalue weighted by Crippen LogP contribution is 2.39. The van der Waals surface area contributed by atoms with E-state index in [1.165, 1.54) is 36.9 Å². The number of hydrogen-bond acceptors (Lipinski definition) is 5. The van der Waals surface area contributed by atoms with Crippen LogP contribution in [0, 0.1) is 11.3 Å². The summed E-state index contributed by atoms with van der Waals surface area (Å²) in [6.07, 6.45) is 8.72. The minimum absolute atomic E-state index is 0.250. The number of aromatic amines is 1. The molecule has 1 N–H and O–H groups in total. The second kappa shape index (κ2) is 7.87. The molecule has 7 heteroatoms. The van der Waals surface area contributed by atoms with Crippen LogP contribution in [0.25, 0.3) is 0 Å². The first-order chi connectivity index (χ1) is 15.2. The molecule has 3 fully saturated rings. The number of nitrogens with zero attached hydrogens (tertiary/aromatic N) is 4. The molecule has 6 rings (SSSR count). The summed E-state index contributed by atoms with van der Waals surface area (Å²) in [4.78, 5) is 18.4. The van der Waals surface area contributed by atoms with Gasteiger partial charge in [0.1, 0.15) is 0 Å². The maximum Gasteiger partial charge on any atom is 0.255 e. The largest absolute Gasteiger partial charge is 0.381 e. The standard InChI is InChI=1S/C24H33N5O2/c30-23-20(15-27-6-3-24(4-7-27)5-8-31-17-24)1-2-22-21-9-18(14-29(22)23)12-28(16-21)13-19-10-25-26-11-19/h1-2,10-11,18,21H,3-9,12-17H2,(H,25,26)/t18-,21+/m0/s1. The summed E-state index contributed by atoms with van der Waals surface area (Å²) in [7, 11) is 0. The summed E-state index contributed by atoms with van der Waals surface area (Å²) in [6.45, 7) is 8.70. The molecular formula is C24H33N5O2. The van der Waals surface area contributed by atoms with E-state index in [1.54, 1.807) is 0 Å². The maximum atomic E-state index is 13.4. The summed E-state index contributed by atoms with van der Waals surface area (Å²) >= 11 is 0. The van der Waals surface area contributed by atoms with Gasteiger partial charge in [0, 0.05) is 68.3 Å². The minimum Gasteiger partial charge on any atom is -0.381 e.